The number of hydrogen-bond donors (Lipinski definition) is 1. The zero-order valence-corrected chi connectivity index (χ0v) is 10.9. The molecule has 1 aromatic heterocycles. The van der Waals surface area contributed by atoms with E-state index >= 15 is 0 Å². The number of rotatable bonds is 6. The standard InChI is InChI=1S/C15H20N2O/c1-2-3-4-7-10-18-14-11-12-8-5-6-9-13(12)17-15(14)16/h5-6,8-9,11H,2-4,7,10H2,1H3,(H2,16,17). The molecule has 1 aromatic carbocycles. The minimum absolute atomic E-state index is 0.476. The summed E-state index contributed by atoms with van der Waals surface area (Å²) < 4.78 is 5.70. The Bertz CT molecular complexity index is 511. The lowest BCUT2D eigenvalue weighted by Gasteiger charge is -2.09. The number of aromatic nitrogens is 1. The number of anilines is 1. The van der Waals surface area contributed by atoms with E-state index < -0.39 is 0 Å². The van der Waals surface area contributed by atoms with Gasteiger partial charge in [-0.15, -0.1) is 0 Å². The van der Waals surface area contributed by atoms with Gasteiger partial charge in [0.05, 0.1) is 12.1 Å². The molecule has 0 aliphatic carbocycles. The molecule has 0 atom stereocenters. The van der Waals surface area contributed by atoms with E-state index in [1.54, 1.807) is 0 Å². The lowest BCUT2D eigenvalue weighted by atomic mass is 10.2. The maximum atomic E-state index is 5.89. The van der Waals surface area contributed by atoms with Crippen LogP contribution in [0.1, 0.15) is 32.6 Å². The number of pyridine rings is 1. The van der Waals surface area contributed by atoms with Gasteiger partial charge in [-0.05, 0) is 18.6 Å². The third-order valence-electron chi connectivity index (χ3n) is 2.97. The van der Waals surface area contributed by atoms with Crippen molar-refractivity contribution >= 4 is 16.7 Å². The number of fused-ring (bicyclic) bond motifs is 1. The topological polar surface area (TPSA) is 48.1 Å². The number of nitrogens with zero attached hydrogens (tertiary/aromatic N) is 1. The van der Waals surface area contributed by atoms with Crippen LogP contribution in [0.3, 0.4) is 0 Å². The van der Waals surface area contributed by atoms with Crippen LogP contribution in [-0.4, -0.2) is 11.6 Å². The summed E-state index contributed by atoms with van der Waals surface area (Å²) in [5, 5.41) is 1.07. The molecular weight excluding hydrogens is 224 g/mol. The van der Waals surface area contributed by atoms with Gasteiger partial charge in [-0.3, -0.25) is 0 Å². The molecule has 0 bridgehead atoms. The molecule has 18 heavy (non-hydrogen) atoms. The molecule has 96 valence electrons. The van der Waals surface area contributed by atoms with Gasteiger partial charge in [0.1, 0.15) is 0 Å². The summed E-state index contributed by atoms with van der Waals surface area (Å²) in [6, 6.07) is 9.89. The minimum Gasteiger partial charge on any atom is -0.490 e. The molecular formula is C15H20N2O. The number of unbranched alkanes of at least 4 members (excludes halogenated alkanes) is 3. The molecule has 0 saturated carbocycles. The number of para-hydroxylation sites is 1. The Labute approximate surface area is 108 Å². The van der Waals surface area contributed by atoms with Gasteiger partial charge < -0.3 is 10.5 Å². The molecule has 0 aliphatic rings. The van der Waals surface area contributed by atoms with Gasteiger partial charge in [0.2, 0.25) is 0 Å². The number of nitrogen functional groups attached to an aromatic ring is 1. The van der Waals surface area contributed by atoms with Gasteiger partial charge in [-0.25, -0.2) is 4.98 Å². The largest absolute Gasteiger partial charge is 0.490 e. The van der Waals surface area contributed by atoms with Gasteiger partial charge in [-0.1, -0.05) is 44.4 Å². The van der Waals surface area contributed by atoms with Crippen LogP contribution < -0.4 is 10.5 Å². The van der Waals surface area contributed by atoms with Crippen LogP contribution in [-0.2, 0) is 0 Å². The Morgan fingerprint density at radius 3 is 2.83 bits per heavy atom. The molecule has 3 heteroatoms. The Morgan fingerprint density at radius 2 is 2.00 bits per heavy atom. The van der Waals surface area contributed by atoms with Crippen LogP contribution in [0.25, 0.3) is 10.9 Å². The van der Waals surface area contributed by atoms with E-state index in [1.165, 1.54) is 19.3 Å². The summed E-state index contributed by atoms with van der Waals surface area (Å²) >= 11 is 0. The van der Waals surface area contributed by atoms with Crippen LogP contribution in [0.2, 0.25) is 0 Å². The van der Waals surface area contributed by atoms with Crippen molar-refractivity contribution in [3.8, 4) is 5.75 Å². The molecule has 0 radical (unpaired) electrons. The third kappa shape index (κ3) is 3.13. The van der Waals surface area contributed by atoms with Gasteiger partial charge in [0.15, 0.2) is 11.6 Å². The van der Waals surface area contributed by atoms with Crippen molar-refractivity contribution < 1.29 is 4.74 Å². The minimum atomic E-state index is 0.476. The van der Waals surface area contributed by atoms with Crippen LogP contribution >= 0.6 is 0 Å². The van der Waals surface area contributed by atoms with Crippen molar-refractivity contribution in [3.63, 3.8) is 0 Å². The van der Waals surface area contributed by atoms with Crippen LogP contribution in [0.15, 0.2) is 30.3 Å². The maximum Gasteiger partial charge on any atom is 0.166 e. The second-order valence-electron chi connectivity index (χ2n) is 4.47. The number of nitrogens with two attached hydrogens (primary N) is 1. The van der Waals surface area contributed by atoms with Crippen molar-refractivity contribution in [1.82, 2.24) is 4.98 Å². The molecule has 2 aromatic rings. The van der Waals surface area contributed by atoms with Crippen molar-refractivity contribution in [2.24, 2.45) is 0 Å². The average molecular weight is 244 g/mol. The molecule has 0 spiro atoms. The van der Waals surface area contributed by atoms with E-state index in [-0.39, 0.29) is 0 Å². The van der Waals surface area contributed by atoms with Gasteiger partial charge >= 0.3 is 0 Å². The number of hydrogen-bond acceptors (Lipinski definition) is 3. The first kappa shape index (κ1) is 12.7. The van der Waals surface area contributed by atoms with Gasteiger partial charge in [-0.2, -0.15) is 0 Å². The van der Waals surface area contributed by atoms with Crippen LogP contribution in [0.4, 0.5) is 5.82 Å². The first-order chi connectivity index (χ1) is 8.81. The fourth-order valence-corrected chi connectivity index (χ4v) is 1.94. The SMILES string of the molecule is CCCCCCOc1cc2ccccc2nc1N. The lowest BCUT2D eigenvalue weighted by Crippen LogP contribution is -2.02. The molecule has 1 heterocycles. The lowest BCUT2D eigenvalue weighted by molar-refractivity contribution is 0.306. The van der Waals surface area contributed by atoms with E-state index in [0.29, 0.717) is 18.2 Å². The van der Waals surface area contributed by atoms with Crippen molar-refractivity contribution in [3.05, 3.63) is 30.3 Å². The summed E-state index contributed by atoms with van der Waals surface area (Å²) in [6.07, 6.45) is 4.77. The number of ether oxygens (including phenoxy) is 1. The van der Waals surface area contributed by atoms with E-state index in [2.05, 4.69) is 11.9 Å². The second kappa shape index (κ2) is 6.24. The smallest absolute Gasteiger partial charge is 0.166 e. The average Bonchev–Trinajstić information content (AvgIpc) is 2.39. The zero-order valence-electron chi connectivity index (χ0n) is 10.9. The first-order valence-electron chi connectivity index (χ1n) is 6.59. The van der Waals surface area contributed by atoms with E-state index in [9.17, 15) is 0 Å². The summed E-state index contributed by atoms with van der Waals surface area (Å²) in [5.74, 6) is 1.18. The molecule has 0 fully saturated rings. The Hall–Kier alpha value is -1.77. The van der Waals surface area contributed by atoms with Crippen molar-refractivity contribution in [2.45, 2.75) is 32.6 Å². The van der Waals surface area contributed by atoms with Crippen LogP contribution in [0, 0.1) is 0 Å². The summed E-state index contributed by atoms with van der Waals surface area (Å²) in [7, 11) is 0. The first-order valence-corrected chi connectivity index (χ1v) is 6.59. The van der Waals surface area contributed by atoms with E-state index in [0.717, 1.165) is 17.3 Å². The molecule has 0 aliphatic heterocycles. The molecule has 0 saturated heterocycles. The van der Waals surface area contributed by atoms with Gasteiger partial charge in [0, 0.05) is 5.39 Å². The normalized spacial score (nSPS) is 10.7. The van der Waals surface area contributed by atoms with Crippen LogP contribution in [0.5, 0.6) is 5.75 Å². The highest BCUT2D eigenvalue weighted by Gasteiger charge is 2.04. The van der Waals surface area contributed by atoms with Gasteiger partial charge in [0.25, 0.3) is 0 Å². The number of benzene rings is 1. The second-order valence-corrected chi connectivity index (χ2v) is 4.47. The molecule has 2 rings (SSSR count). The predicted molar refractivity (Wildman–Crippen MR) is 75.8 cm³/mol. The maximum absolute atomic E-state index is 5.89. The highest BCUT2D eigenvalue weighted by molar-refractivity contribution is 5.82. The fraction of sp³-hybridized carbons (Fsp3) is 0.400. The Balaban J connectivity index is 2.01. The quantitative estimate of drug-likeness (QED) is 0.787. The van der Waals surface area contributed by atoms with E-state index in [4.69, 9.17) is 10.5 Å². The molecule has 0 unspecified atom stereocenters. The molecule has 0 amide bonds. The monoisotopic (exact) mass is 244 g/mol. The predicted octanol–water partition coefficient (Wildman–Crippen LogP) is 3.78. The summed E-state index contributed by atoms with van der Waals surface area (Å²) in [4.78, 5) is 4.34. The third-order valence-corrected chi connectivity index (χ3v) is 2.97. The highest BCUT2D eigenvalue weighted by atomic mass is 16.5. The van der Waals surface area contributed by atoms with E-state index in [1.807, 2.05) is 30.3 Å². The highest BCUT2D eigenvalue weighted by Crippen LogP contribution is 2.24. The summed E-state index contributed by atoms with van der Waals surface area (Å²) in [6.45, 7) is 2.91. The fourth-order valence-electron chi connectivity index (χ4n) is 1.94. The summed E-state index contributed by atoms with van der Waals surface area (Å²) in [5.41, 5.74) is 6.80. The Morgan fingerprint density at radius 1 is 1.17 bits per heavy atom. The van der Waals surface area contributed by atoms with Crippen molar-refractivity contribution in [1.29, 1.82) is 0 Å². The Kier molecular flexibility index (Phi) is 4.40. The molecule has 2 N–H and O–H groups in total. The van der Waals surface area contributed by atoms with Crippen molar-refractivity contribution in [2.75, 3.05) is 12.3 Å². The molecule has 3 nitrogen and oxygen atoms in total. The zero-order chi connectivity index (χ0) is 12.8.